The van der Waals surface area contributed by atoms with Crippen LogP contribution in [0.15, 0.2) is 28.3 Å². The van der Waals surface area contributed by atoms with E-state index in [4.69, 9.17) is 5.26 Å². The third-order valence-corrected chi connectivity index (χ3v) is 1.40. The molecule has 1 aliphatic rings. The summed E-state index contributed by atoms with van der Waals surface area (Å²) in [7, 11) is 0. The van der Waals surface area contributed by atoms with Crippen molar-refractivity contribution in [3.05, 3.63) is 34.4 Å². The molecular weight excluding hydrogens is 178 g/mol. The van der Waals surface area contributed by atoms with E-state index in [0.29, 0.717) is 5.57 Å². The first-order valence-electron chi connectivity index (χ1n) is 2.40. The molecule has 0 aliphatic heterocycles. The maximum atomic E-state index is 8.34. The van der Waals surface area contributed by atoms with Crippen molar-refractivity contribution in [1.82, 2.24) is 0 Å². The first-order chi connectivity index (χ1) is 4.33. The van der Waals surface area contributed by atoms with Gasteiger partial charge in [-0.15, -0.1) is 0 Å². The summed E-state index contributed by atoms with van der Waals surface area (Å²) in [6, 6.07) is 2.00. The lowest BCUT2D eigenvalue weighted by Gasteiger charge is -1.80. The zero-order chi connectivity index (χ0) is 6.69. The summed E-state index contributed by atoms with van der Waals surface area (Å²) in [6.45, 7) is 0. The van der Waals surface area contributed by atoms with Gasteiger partial charge in [0.15, 0.2) is 16.1 Å². The van der Waals surface area contributed by atoms with E-state index in [-0.39, 0.29) is 0 Å². The molecule has 0 atom stereocenters. The summed E-state index contributed by atoms with van der Waals surface area (Å²) in [6.07, 6.45) is 8.01. The van der Waals surface area contributed by atoms with Crippen molar-refractivity contribution in [2.75, 3.05) is 0 Å². The monoisotopic (exact) mass is 180 g/mol. The summed E-state index contributed by atoms with van der Waals surface area (Å²) < 4.78 is 0.876. The Kier molecular flexibility index (Phi) is 1.79. The highest BCUT2D eigenvalue weighted by atomic mass is 79.9. The lowest BCUT2D eigenvalue weighted by Crippen LogP contribution is -1.76. The minimum Gasteiger partial charge on any atom is -0.176 e. The average molecular weight is 181 g/mol. The van der Waals surface area contributed by atoms with E-state index in [1.165, 1.54) is 0 Å². The molecule has 0 saturated heterocycles. The maximum absolute atomic E-state index is 8.34. The predicted molar refractivity (Wildman–Crippen MR) is 38.5 cm³/mol. The summed E-state index contributed by atoms with van der Waals surface area (Å²) in [5, 5.41) is 8.34. The summed E-state index contributed by atoms with van der Waals surface area (Å²) in [5.41, 5.74) is 0.637. The SMILES string of the molecule is N#CC1=C[C+]=C(Br)C=C1. The van der Waals surface area contributed by atoms with E-state index in [1.54, 1.807) is 18.2 Å². The van der Waals surface area contributed by atoms with E-state index in [9.17, 15) is 0 Å². The highest BCUT2D eigenvalue weighted by Gasteiger charge is 2.04. The van der Waals surface area contributed by atoms with Crippen LogP contribution in [0.2, 0.25) is 0 Å². The van der Waals surface area contributed by atoms with Gasteiger partial charge in [0.25, 0.3) is 0 Å². The maximum Gasteiger partial charge on any atom is 0.180 e. The van der Waals surface area contributed by atoms with E-state index in [0.717, 1.165) is 4.48 Å². The molecule has 0 heterocycles. The fourth-order valence-corrected chi connectivity index (χ4v) is 0.722. The molecule has 0 bridgehead atoms. The van der Waals surface area contributed by atoms with Crippen LogP contribution in [0, 0.1) is 17.4 Å². The average Bonchev–Trinajstić information content (AvgIpc) is 1.90. The van der Waals surface area contributed by atoms with Crippen molar-refractivity contribution in [3.63, 3.8) is 0 Å². The molecule has 1 aliphatic carbocycles. The van der Waals surface area contributed by atoms with Crippen LogP contribution in [0.25, 0.3) is 0 Å². The fourth-order valence-electron chi connectivity index (χ4n) is 0.475. The highest BCUT2D eigenvalue weighted by molar-refractivity contribution is 9.11. The summed E-state index contributed by atoms with van der Waals surface area (Å²) >= 11 is 3.21. The van der Waals surface area contributed by atoms with Crippen molar-refractivity contribution in [2.24, 2.45) is 0 Å². The summed E-state index contributed by atoms with van der Waals surface area (Å²) in [5.74, 6) is 0. The minimum atomic E-state index is 0.637. The van der Waals surface area contributed by atoms with Gasteiger partial charge in [-0.05, 0) is 15.9 Å². The van der Waals surface area contributed by atoms with Gasteiger partial charge in [0.1, 0.15) is 6.08 Å². The van der Waals surface area contributed by atoms with Crippen LogP contribution in [0.1, 0.15) is 0 Å². The zero-order valence-corrected chi connectivity index (χ0v) is 6.14. The molecule has 0 spiro atoms. The quantitative estimate of drug-likeness (QED) is 0.525. The molecule has 0 aromatic heterocycles. The van der Waals surface area contributed by atoms with E-state index in [2.05, 4.69) is 22.0 Å². The number of hydrogen-bond donors (Lipinski definition) is 0. The second-order valence-electron chi connectivity index (χ2n) is 1.54. The Hall–Kier alpha value is -0.900. The number of hydrogen-bond acceptors (Lipinski definition) is 1. The molecule has 42 valence electrons. The number of halogens is 1. The molecule has 0 radical (unpaired) electrons. The molecule has 0 unspecified atom stereocenters. The second-order valence-corrected chi connectivity index (χ2v) is 2.39. The van der Waals surface area contributed by atoms with Crippen molar-refractivity contribution in [3.8, 4) is 6.07 Å². The second kappa shape index (κ2) is 2.59. The Morgan fingerprint density at radius 3 is 2.78 bits per heavy atom. The van der Waals surface area contributed by atoms with Crippen molar-refractivity contribution in [1.29, 1.82) is 5.26 Å². The van der Waals surface area contributed by atoms with Crippen LogP contribution in [0.5, 0.6) is 0 Å². The van der Waals surface area contributed by atoms with E-state index >= 15 is 0 Å². The van der Waals surface area contributed by atoms with Crippen molar-refractivity contribution < 1.29 is 0 Å². The van der Waals surface area contributed by atoms with Gasteiger partial charge in [-0.2, -0.15) is 5.26 Å². The van der Waals surface area contributed by atoms with Gasteiger partial charge in [-0.3, -0.25) is 0 Å². The summed E-state index contributed by atoms with van der Waals surface area (Å²) in [4.78, 5) is 0. The Labute approximate surface area is 62.1 Å². The number of allylic oxidation sites excluding steroid dienone is 6. The third-order valence-electron chi connectivity index (χ3n) is 0.904. The van der Waals surface area contributed by atoms with Gasteiger partial charge in [-0.25, -0.2) is 0 Å². The van der Waals surface area contributed by atoms with Crippen LogP contribution < -0.4 is 0 Å². The first kappa shape index (κ1) is 6.22. The number of nitriles is 1. The van der Waals surface area contributed by atoms with Gasteiger partial charge in [0.2, 0.25) is 0 Å². The first-order valence-corrected chi connectivity index (χ1v) is 3.19. The highest BCUT2D eigenvalue weighted by Crippen LogP contribution is 2.12. The molecule has 1 rings (SSSR count). The smallest absolute Gasteiger partial charge is 0.176 e. The van der Waals surface area contributed by atoms with Crippen LogP contribution in [-0.2, 0) is 0 Å². The standard InChI is InChI=1S/C7H3BrN/c8-7-3-1-6(5-9)2-4-7/h1-3H/q+1. The Morgan fingerprint density at radius 1 is 1.56 bits per heavy atom. The van der Waals surface area contributed by atoms with Crippen LogP contribution in [-0.4, -0.2) is 0 Å². The van der Waals surface area contributed by atoms with Gasteiger partial charge >= 0.3 is 0 Å². The molecule has 2 heteroatoms. The van der Waals surface area contributed by atoms with Gasteiger partial charge < -0.3 is 0 Å². The Balaban J connectivity index is 2.90. The minimum absolute atomic E-state index is 0.637. The topological polar surface area (TPSA) is 23.8 Å². The van der Waals surface area contributed by atoms with E-state index in [1.807, 2.05) is 6.07 Å². The molecule has 0 amide bonds. The predicted octanol–water partition coefficient (Wildman–Crippen LogP) is 2.09. The van der Waals surface area contributed by atoms with Crippen LogP contribution >= 0.6 is 15.9 Å². The van der Waals surface area contributed by atoms with Crippen molar-refractivity contribution in [2.45, 2.75) is 0 Å². The van der Waals surface area contributed by atoms with Gasteiger partial charge in [-0.1, -0.05) is 0 Å². The van der Waals surface area contributed by atoms with Crippen LogP contribution in [0.3, 0.4) is 0 Å². The normalized spacial score (nSPS) is 15.1. The fraction of sp³-hybridized carbons (Fsp3) is 0. The Morgan fingerprint density at radius 2 is 2.33 bits per heavy atom. The van der Waals surface area contributed by atoms with E-state index < -0.39 is 0 Å². The molecule has 9 heavy (non-hydrogen) atoms. The Bertz CT molecular complexity index is 240. The van der Waals surface area contributed by atoms with Crippen molar-refractivity contribution >= 4 is 15.9 Å². The third kappa shape index (κ3) is 1.50. The molecular formula is C7H3BrN+. The lowest BCUT2D eigenvalue weighted by molar-refractivity contribution is 1.48. The molecule has 0 saturated carbocycles. The van der Waals surface area contributed by atoms with Crippen LogP contribution in [0.4, 0.5) is 0 Å². The molecule has 0 aromatic carbocycles. The lowest BCUT2D eigenvalue weighted by atomic mass is 10.2. The zero-order valence-electron chi connectivity index (χ0n) is 4.56. The van der Waals surface area contributed by atoms with Gasteiger partial charge in [0, 0.05) is 0 Å². The molecule has 1 nitrogen and oxygen atoms in total. The molecule has 0 aromatic rings. The largest absolute Gasteiger partial charge is 0.180 e. The number of rotatable bonds is 0. The van der Waals surface area contributed by atoms with Gasteiger partial charge in [0.05, 0.1) is 18.2 Å². The number of nitrogens with zero attached hydrogens (tertiary/aromatic N) is 1. The molecule has 0 fully saturated rings. The molecule has 0 N–H and O–H groups in total.